The second-order valence-electron chi connectivity index (χ2n) is 4.02. The SMILES string of the molecule is Cc1cccc(=O)n1Cc1ccc([N+](=O)[O-])cc1. The summed E-state index contributed by atoms with van der Waals surface area (Å²) in [5.74, 6) is 0. The molecule has 0 saturated heterocycles. The van der Waals surface area contributed by atoms with Crippen LogP contribution in [-0.2, 0) is 6.54 Å². The average molecular weight is 244 g/mol. The average Bonchev–Trinajstić information content (AvgIpc) is 2.34. The predicted octanol–water partition coefficient (Wildman–Crippen LogP) is 2.11. The molecule has 1 aromatic heterocycles. The van der Waals surface area contributed by atoms with Gasteiger partial charge in [-0.3, -0.25) is 14.9 Å². The van der Waals surface area contributed by atoms with E-state index < -0.39 is 4.92 Å². The van der Waals surface area contributed by atoms with Gasteiger partial charge in [-0.05, 0) is 18.6 Å². The number of pyridine rings is 1. The summed E-state index contributed by atoms with van der Waals surface area (Å²) in [6, 6.07) is 11.3. The van der Waals surface area contributed by atoms with E-state index in [1.54, 1.807) is 22.8 Å². The summed E-state index contributed by atoms with van der Waals surface area (Å²) in [6.45, 7) is 2.27. The smallest absolute Gasteiger partial charge is 0.269 e. The van der Waals surface area contributed by atoms with Gasteiger partial charge in [0.15, 0.2) is 0 Å². The van der Waals surface area contributed by atoms with Gasteiger partial charge in [-0.2, -0.15) is 0 Å². The summed E-state index contributed by atoms with van der Waals surface area (Å²) in [5.41, 5.74) is 1.70. The summed E-state index contributed by atoms with van der Waals surface area (Å²) in [5, 5.41) is 10.5. The highest BCUT2D eigenvalue weighted by molar-refractivity contribution is 5.33. The number of nitro groups is 1. The Morgan fingerprint density at radius 3 is 2.39 bits per heavy atom. The molecule has 0 unspecified atom stereocenters. The Labute approximate surface area is 103 Å². The highest BCUT2D eigenvalue weighted by Crippen LogP contribution is 2.12. The Kier molecular flexibility index (Phi) is 3.23. The summed E-state index contributed by atoms with van der Waals surface area (Å²) in [6.07, 6.45) is 0. The van der Waals surface area contributed by atoms with E-state index in [2.05, 4.69) is 0 Å². The molecule has 2 aromatic rings. The van der Waals surface area contributed by atoms with E-state index in [0.717, 1.165) is 11.3 Å². The standard InChI is InChI=1S/C13H12N2O3/c1-10-3-2-4-13(16)14(10)9-11-5-7-12(8-6-11)15(17)18/h2-8H,9H2,1H3. The van der Waals surface area contributed by atoms with Crippen LogP contribution in [0.15, 0.2) is 47.3 Å². The highest BCUT2D eigenvalue weighted by Gasteiger charge is 2.05. The van der Waals surface area contributed by atoms with Gasteiger partial charge in [0.25, 0.3) is 11.2 Å². The van der Waals surface area contributed by atoms with E-state index >= 15 is 0 Å². The lowest BCUT2D eigenvalue weighted by Gasteiger charge is -2.08. The van der Waals surface area contributed by atoms with Gasteiger partial charge in [0.05, 0.1) is 11.5 Å². The number of nitrogens with zero attached hydrogens (tertiary/aromatic N) is 2. The maximum atomic E-state index is 11.7. The predicted molar refractivity (Wildman–Crippen MR) is 67.6 cm³/mol. The van der Waals surface area contributed by atoms with Crippen molar-refractivity contribution in [3.05, 3.63) is 74.2 Å². The number of non-ortho nitro benzene ring substituents is 1. The minimum absolute atomic E-state index is 0.0517. The number of rotatable bonds is 3. The molecule has 2 rings (SSSR count). The van der Waals surface area contributed by atoms with Gasteiger partial charge in [-0.1, -0.05) is 18.2 Å². The molecule has 0 aliphatic carbocycles. The highest BCUT2D eigenvalue weighted by atomic mass is 16.6. The summed E-state index contributed by atoms with van der Waals surface area (Å²) in [7, 11) is 0. The van der Waals surface area contributed by atoms with Crippen molar-refractivity contribution in [2.24, 2.45) is 0 Å². The zero-order valence-electron chi connectivity index (χ0n) is 9.87. The lowest BCUT2D eigenvalue weighted by atomic mass is 10.2. The minimum Gasteiger partial charge on any atom is -0.309 e. The van der Waals surface area contributed by atoms with Gasteiger partial charge < -0.3 is 4.57 Å². The van der Waals surface area contributed by atoms with Crippen molar-refractivity contribution in [1.29, 1.82) is 0 Å². The molecule has 0 fully saturated rings. The van der Waals surface area contributed by atoms with Crippen LogP contribution in [0, 0.1) is 17.0 Å². The number of aryl methyl sites for hydroxylation is 1. The molecule has 1 heterocycles. The van der Waals surface area contributed by atoms with Gasteiger partial charge in [0.1, 0.15) is 0 Å². The quantitative estimate of drug-likeness (QED) is 0.613. The van der Waals surface area contributed by atoms with Crippen LogP contribution in [0.2, 0.25) is 0 Å². The fourth-order valence-corrected chi connectivity index (χ4v) is 1.73. The van der Waals surface area contributed by atoms with Crippen molar-refractivity contribution < 1.29 is 4.92 Å². The lowest BCUT2D eigenvalue weighted by Crippen LogP contribution is -2.21. The summed E-state index contributed by atoms with van der Waals surface area (Å²) >= 11 is 0. The first kappa shape index (κ1) is 12.0. The molecule has 0 bridgehead atoms. The van der Waals surface area contributed by atoms with Crippen molar-refractivity contribution in [2.75, 3.05) is 0 Å². The largest absolute Gasteiger partial charge is 0.309 e. The Hall–Kier alpha value is -2.43. The Morgan fingerprint density at radius 1 is 1.17 bits per heavy atom. The van der Waals surface area contributed by atoms with Gasteiger partial charge in [0.2, 0.25) is 0 Å². The van der Waals surface area contributed by atoms with Crippen LogP contribution >= 0.6 is 0 Å². The van der Waals surface area contributed by atoms with Crippen LogP contribution in [0.4, 0.5) is 5.69 Å². The first-order valence-corrected chi connectivity index (χ1v) is 5.48. The molecule has 5 nitrogen and oxygen atoms in total. The van der Waals surface area contributed by atoms with E-state index in [4.69, 9.17) is 0 Å². The van der Waals surface area contributed by atoms with Gasteiger partial charge in [-0.25, -0.2) is 0 Å². The molecule has 0 spiro atoms. The van der Waals surface area contributed by atoms with E-state index in [1.165, 1.54) is 18.2 Å². The summed E-state index contributed by atoms with van der Waals surface area (Å²) < 4.78 is 1.63. The maximum Gasteiger partial charge on any atom is 0.269 e. The normalized spacial score (nSPS) is 10.3. The van der Waals surface area contributed by atoms with Crippen molar-refractivity contribution in [3.63, 3.8) is 0 Å². The van der Waals surface area contributed by atoms with Crippen LogP contribution in [0.25, 0.3) is 0 Å². The molecule has 0 atom stereocenters. The Balaban J connectivity index is 2.29. The number of hydrogen-bond donors (Lipinski definition) is 0. The van der Waals surface area contributed by atoms with Gasteiger partial charge >= 0.3 is 0 Å². The molecule has 5 heteroatoms. The maximum absolute atomic E-state index is 11.7. The van der Waals surface area contributed by atoms with Crippen LogP contribution in [-0.4, -0.2) is 9.49 Å². The van der Waals surface area contributed by atoms with Crippen molar-refractivity contribution in [1.82, 2.24) is 4.57 Å². The van der Waals surface area contributed by atoms with Gasteiger partial charge in [0, 0.05) is 23.9 Å². The second kappa shape index (κ2) is 4.83. The number of benzene rings is 1. The Morgan fingerprint density at radius 2 is 1.83 bits per heavy atom. The molecule has 0 radical (unpaired) electrons. The molecule has 18 heavy (non-hydrogen) atoms. The molecule has 0 amide bonds. The van der Waals surface area contributed by atoms with Crippen molar-refractivity contribution >= 4 is 5.69 Å². The van der Waals surface area contributed by atoms with Crippen molar-refractivity contribution in [2.45, 2.75) is 13.5 Å². The minimum atomic E-state index is -0.441. The van der Waals surface area contributed by atoms with Crippen LogP contribution in [0.3, 0.4) is 0 Å². The zero-order chi connectivity index (χ0) is 13.1. The molecular formula is C13H12N2O3. The molecule has 0 aliphatic heterocycles. The molecule has 0 aliphatic rings. The third-order valence-corrected chi connectivity index (χ3v) is 2.76. The summed E-state index contributed by atoms with van der Waals surface area (Å²) in [4.78, 5) is 21.8. The van der Waals surface area contributed by atoms with Gasteiger partial charge in [-0.15, -0.1) is 0 Å². The first-order chi connectivity index (χ1) is 8.58. The number of nitro benzene ring substituents is 1. The van der Waals surface area contributed by atoms with Crippen LogP contribution in [0.5, 0.6) is 0 Å². The second-order valence-corrected chi connectivity index (χ2v) is 4.02. The lowest BCUT2D eigenvalue weighted by molar-refractivity contribution is -0.384. The topological polar surface area (TPSA) is 65.1 Å². The van der Waals surface area contributed by atoms with E-state index in [0.29, 0.717) is 6.54 Å². The van der Waals surface area contributed by atoms with E-state index in [9.17, 15) is 14.9 Å². The molecule has 1 aromatic carbocycles. The van der Waals surface area contributed by atoms with Crippen LogP contribution in [0.1, 0.15) is 11.3 Å². The number of hydrogen-bond acceptors (Lipinski definition) is 3. The van der Waals surface area contributed by atoms with E-state index in [1.807, 2.05) is 13.0 Å². The van der Waals surface area contributed by atoms with Crippen LogP contribution < -0.4 is 5.56 Å². The van der Waals surface area contributed by atoms with E-state index in [-0.39, 0.29) is 11.2 Å². The Bertz CT molecular complexity index is 629. The fourth-order valence-electron chi connectivity index (χ4n) is 1.73. The monoisotopic (exact) mass is 244 g/mol. The zero-order valence-corrected chi connectivity index (χ0v) is 9.87. The fraction of sp³-hybridized carbons (Fsp3) is 0.154. The first-order valence-electron chi connectivity index (χ1n) is 5.48. The van der Waals surface area contributed by atoms with Crippen molar-refractivity contribution in [3.8, 4) is 0 Å². The number of aromatic nitrogens is 1. The molecule has 92 valence electrons. The third kappa shape index (κ3) is 2.45. The molecular weight excluding hydrogens is 232 g/mol. The molecule has 0 saturated carbocycles. The third-order valence-electron chi connectivity index (χ3n) is 2.76. The molecule has 0 N–H and O–H groups in total.